The van der Waals surface area contributed by atoms with Crippen LogP contribution in [0.1, 0.15) is 24.5 Å². The number of nitrogens with one attached hydrogen (secondary N) is 1. The summed E-state index contributed by atoms with van der Waals surface area (Å²) in [5, 5.41) is 0.211. The lowest BCUT2D eigenvalue weighted by molar-refractivity contribution is -0.139. The molecular weight excluding hydrogens is 618 g/mol. The Hall–Kier alpha value is -2.25. The summed E-state index contributed by atoms with van der Waals surface area (Å²) >= 11 is 12.8. The van der Waals surface area contributed by atoms with E-state index in [1.165, 1.54) is 18.2 Å². The average molecular weight is 642 g/mol. The number of likely N-dealkylation sites (tertiary alicyclic amines) is 1. The molecule has 0 unspecified atom stereocenters. The number of ether oxygens (including phenoxy) is 1. The van der Waals surface area contributed by atoms with Gasteiger partial charge in [0.1, 0.15) is 11.9 Å². The zero-order valence-corrected chi connectivity index (χ0v) is 24.2. The molecule has 1 N–H and O–H groups in total. The Morgan fingerprint density at radius 1 is 1.00 bits per heavy atom. The molecule has 1 aliphatic rings. The summed E-state index contributed by atoms with van der Waals surface area (Å²) in [4.78, 5) is 1.25. The number of rotatable bonds is 8. The van der Waals surface area contributed by atoms with Gasteiger partial charge in [0.15, 0.2) is 0 Å². The summed E-state index contributed by atoms with van der Waals surface area (Å²) in [5.74, 6) is -3.49. The number of sulfonamides is 1. The van der Waals surface area contributed by atoms with Crippen LogP contribution < -0.4 is 9.46 Å². The van der Waals surface area contributed by atoms with Gasteiger partial charge in [-0.3, -0.25) is 4.72 Å². The molecule has 1 heterocycles. The van der Waals surface area contributed by atoms with Crippen LogP contribution in [0.3, 0.4) is 0 Å². The van der Waals surface area contributed by atoms with Gasteiger partial charge in [0, 0.05) is 35.9 Å². The fraction of sp³-hybridized carbons (Fsp3) is 0.308. The third-order valence-electron chi connectivity index (χ3n) is 6.05. The second kappa shape index (κ2) is 11.6. The Morgan fingerprint density at radius 3 is 2.35 bits per heavy atom. The van der Waals surface area contributed by atoms with E-state index in [0.717, 1.165) is 30.3 Å². The van der Waals surface area contributed by atoms with Crippen LogP contribution in [0, 0.1) is 0 Å². The SMILES string of the molecule is CN1CC[C@@H](Oc2cc(NS(=O)(=O)c3ccc(Sc4cccc(Cl)c4Cl)c(C(F)(F)F)c3)ccc2C(C)(F)F)C1. The first-order valence-electron chi connectivity index (χ1n) is 11.8. The minimum absolute atomic E-state index is 0.0593. The van der Waals surface area contributed by atoms with Crippen molar-refractivity contribution in [2.24, 2.45) is 0 Å². The van der Waals surface area contributed by atoms with E-state index in [0.29, 0.717) is 44.3 Å². The Bertz CT molecular complexity index is 1520. The summed E-state index contributed by atoms with van der Waals surface area (Å²) in [5.41, 5.74) is -1.79. The van der Waals surface area contributed by atoms with Gasteiger partial charge in [-0.05, 0) is 55.9 Å². The smallest absolute Gasteiger partial charge is 0.417 e. The Kier molecular flexibility index (Phi) is 8.87. The standard InChI is InChI=1S/C26H23Cl2F5N2O3S2/c1-25(29,30)18-8-6-15(12-21(18)38-16-10-11-35(2)14-16)34-40(36,37)17-7-9-22(19(13-17)26(31,32)33)39-23-5-3-4-20(27)24(23)28/h3-9,12-13,16,34H,10-11,14H2,1-2H3/t16-/m1/s1. The maximum Gasteiger partial charge on any atom is 0.417 e. The number of anilines is 1. The highest BCUT2D eigenvalue weighted by atomic mass is 35.5. The topological polar surface area (TPSA) is 58.6 Å². The fourth-order valence-corrected chi connectivity index (χ4v) is 6.65. The van der Waals surface area contributed by atoms with Crippen LogP contribution in [0.5, 0.6) is 5.75 Å². The lowest BCUT2D eigenvalue weighted by Gasteiger charge is -2.21. The van der Waals surface area contributed by atoms with E-state index in [1.54, 1.807) is 0 Å². The van der Waals surface area contributed by atoms with Gasteiger partial charge in [-0.15, -0.1) is 0 Å². The molecule has 1 atom stereocenters. The minimum atomic E-state index is -4.90. The highest BCUT2D eigenvalue weighted by molar-refractivity contribution is 7.99. The van der Waals surface area contributed by atoms with E-state index in [-0.39, 0.29) is 37.4 Å². The van der Waals surface area contributed by atoms with Crippen LogP contribution in [-0.2, 0) is 22.1 Å². The van der Waals surface area contributed by atoms with Crippen molar-refractivity contribution >= 4 is 50.7 Å². The van der Waals surface area contributed by atoms with Gasteiger partial charge in [-0.1, -0.05) is 41.0 Å². The molecule has 0 aliphatic carbocycles. The molecule has 5 nitrogen and oxygen atoms in total. The van der Waals surface area contributed by atoms with Crippen molar-refractivity contribution in [1.82, 2.24) is 4.90 Å². The molecule has 0 bridgehead atoms. The number of benzene rings is 3. The molecule has 216 valence electrons. The molecule has 0 saturated carbocycles. The molecule has 3 aromatic carbocycles. The van der Waals surface area contributed by atoms with Crippen LogP contribution in [-0.4, -0.2) is 39.6 Å². The monoisotopic (exact) mass is 640 g/mol. The van der Waals surface area contributed by atoms with Crippen LogP contribution in [0.15, 0.2) is 69.3 Å². The van der Waals surface area contributed by atoms with E-state index < -0.39 is 38.1 Å². The van der Waals surface area contributed by atoms with Gasteiger partial charge in [-0.25, -0.2) is 17.2 Å². The van der Waals surface area contributed by atoms with Crippen LogP contribution in [0.2, 0.25) is 10.0 Å². The predicted molar refractivity (Wildman–Crippen MR) is 145 cm³/mol. The highest BCUT2D eigenvalue weighted by Crippen LogP contribution is 2.44. The van der Waals surface area contributed by atoms with Crippen molar-refractivity contribution < 1.29 is 35.1 Å². The molecule has 1 aliphatic heterocycles. The molecule has 40 heavy (non-hydrogen) atoms. The van der Waals surface area contributed by atoms with Crippen molar-refractivity contribution in [1.29, 1.82) is 0 Å². The van der Waals surface area contributed by atoms with Crippen molar-refractivity contribution in [3.05, 3.63) is 75.8 Å². The number of hydrogen-bond acceptors (Lipinski definition) is 5. The van der Waals surface area contributed by atoms with E-state index in [4.69, 9.17) is 27.9 Å². The molecule has 0 aromatic heterocycles. The van der Waals surface area contributed by atoms with Crippen molar-refractivity contribution in [2.45, 2.75) is 46.2 Å². The molecule has 0 spiro atoms. The van der Waals surface area contributed by atoms with Gasteiger partial charge in [0.25, 0.3) is 15.9 Å². The lowest BCUT2D eigenvalue weighted by atomic mass is 10.1. The zero-order chi connectivity index (χ0) is 29.5. The minimum Gasteiger partial charge on any atom is -0.488 e. The first-order chi connectivity index (χ1) is 18.5. The van der Waals surface area contributed by atoms with Crippen LogP contribution in [0.4, 0.5) is 27.6 Å². The molecule has 4 rings (SSSR count). The fourth-order valence-electron chi connectivity index (χ4n) is 4.10. The van der Waals surface area contributed by atoms with Gasteiger partial charge < -0.3 is 9.64 Å². The normalized spacial score (nSPS) is 16.8. The Labute approximate surface area is 242 Å². The predicted octanol–water partition coefficient (Wildman–Crippen LogP) is 8.16. The summed E-state index contributed by atoms with van der Waals surface area (Å²) in [7, 11) is -2.71. The highest BCUT2D eigenvalue weighted by Gasteiger charge is 2.36. The maximum absolute atomic E-state index is 14.2. The first kappa shape index (κ1) is 30.7. The van der Waals surface area contributed by atoms with E-state index >= 15 is 0 Å². The molecule has 0 amide bonds. The van der Waals surface area contributed by atoms with Crippen molar-refractivity contribution in [3.8, 4) is 5.75 Å². The van der Waals surface area contributed by atoms with Gasteiger partial charge in [0.05, 0.1) is 31.8 Å². The number of halogens is 7. The lowest BCUT2D eigenvalue weighted by Crippen LogP contribution is -2.23. The summed E-state index contributed by atoms with van der Waals surface area (Å²) in [6.45, 7) is 1.89. The largest absolute Gasteiger partial charge is 0.488 e. The van der Waals surface area contributed by atoms with Crippen molar-refractivity contribution in [2.75, 3.05) is 24.9 Å². The summed E-state index contributed by atoms with van der Waals surface area (Å²) in [6, 6.07) is 10.3. The van der Waals surface area contributed by atoms with E-state index in [9.17, 15) is 30.4 Å². The molecule has 1 fully saturated rings. The molecule has 1 saturated heterocycles. The molecule has 14 heteroatoms. The quantitative estimate of drug-likeness (QED) is 0.252. The van der Waals surface area contributed by atoms with Gasteiger partial charge >= 0.3 is 6.18 Å². The summed E-state index contributed by atoms with van der Waals surface area (Å²) in [6.07, 6.45) is -4.69. The number of likely N-dealkylation sites (N-methyl/N-ethyl adjacent to an activating group) is 1. The maximum atomic E-state index is 14.2. The Balaban J connectivity index is 1.66. The number of nitrogens with zero attached hydrogens (tertiary/aromatic N) is 1. The number of hydrogen-bond donors (Lipinski definition) is 1. The Morgan fingerprint density at radius 2 is 1.73 bits per heavy atom. The molecule has 0 radical (unpaired) electrons. The number of alkyl halides is 5. The van der Waals surface area contributed by atoms with Gasteiger partial charge in [0.2, 0.25) is 0 Å². The second-order valence-corrected chi connectivity index (χ2v) is 12.9. The van der Waals surface area contributed by atoms with Gasteiger partial charge in [-0.2, -0.15) is 13.2 Å². The van der Waals surface area contributed by atoms with E-state index in [2.05, 4.69) is 4.72 Å². The first-order valence-corrected chi connectivity index (χ1v) is 14.8. The van der Waals surface area contributed by atoms with Crippen molar-refractivity contribution in [3.63, 3.8) is 0 Å². The van der Waals surface area contributed by atoms with Crippen LogP contribution in [0.25, 0.3) is 0 Å². The average Bonchev–Trinajstić information content (AvgIpc) is 3.25. The molecule has 3 aromatic rings. The third-order valence-corrected chi connectivity index (χ3v) is 9.50. The second-order valence-electron chi connectivity index (χ2n) is 9.31. The third kappa shape index (κ3) is 7.14. The summed E-state index contributed by atoms with van der Waals surface area (Å²) < 4.78 is 105. The van der Waals surface area contributed by atoms with Crippen LogP contribution >= 0.6 is 35.0 Å². The molecular formula is C26H23Cl2F5N2O3S2. The van der Waals surface area contributed by atoms with E-state index in [1.807, 2.05) is 11.9 Å². The zero-order valence-electron chi connectivity index (χ0n) is 21.0.